The van der Waals surface area contributed by atoms with E-state index in [1.807, 2.05) is 39.0 Å². The van der Waals surface area contributed by atoms with E-state index in [1.54, 1.807) is 48.5 Å². The number of hydrogen-bond donors (Lipinski definition) is 2. The maximum Gasteiger partial charge on any atom is 0.285 e. The molecule has 3 aromatic rings. The zero-order valence-corrected chi connectivity index (χ0v) is 24.6. The van der Waals surface area contributed by atoms with Crippen LogP contribution in [0.25, 0.3) is 6.08 Å². The number of amides is 3. The van der Waals surface area contributed by atoms with Gasteiger partial charge in [0.1, 0.15) is 5.75 Å². The summed E-state index contributed by atoms with van der Waals surface area (Å²) in [4.78, 5) is 38.5. The summed E-state index contributed by atoms with van der Waals surface area (Å²) in [7, 11) is 1.53. The third-order valence-corrected chi connectivity index (χ3v) is 7.38. The van der Waals surface area contributed by atoms with Crippen molar-refractivity contribution in [3.8, 4) is 17.2 Å². The predicted molar refractivity (Wildman–Crippen MR) is 163 cm³/mol. The van der Waals surface area contributed by atoms with Crippen LogP contribution < -0.4 is 25.0 Å². The minimum atomic E-state index is -0.480. The lowest BCUT2D eigenvalue weighted by Gasteiger charge is -2.15. The zero-order chi connectivity index (χ0) is 29.5. The van der Waals surface area contributed by atoms with Crippen LogP contribution in [0.2, 0.25) is 0 Å². The van der Waals surface area contributed by atoms with Gasteiger partial charge in [-0.25, -0.2) is 0 Å². The van der Waals surface area contributed by atoms with Crippen molar-refractivity contribution >= 4 is 57.8 Å². The van der Waals surface area contributed by atoms with Crippen LogP contribution in [0, 0.1) is 13.8 Å². The highest BCUT2D eigenvalue weighted by Crippen LogP contribution is 2.34. The Hall–Kier alpha value is -4.35. The number of rotatable bonds is 10. The van der Waals surface area contributed by atoms with Crippen molar-refractivity contribution in [3.05, 3.63) is 87.8 Å². The molecule has 1 fully saturated rings. The minimum Gasteiger partial charge on any atom is -0.497 e. The first-order valence-electron chi connectivity index (χ1n) is 12.7. The number of nitrogens with one attached hydrogen (secondary N) is 2. The van der Waals surface area contributed by atoms with Gasteiger partial charge in [0.05, 0.1) is 18.6 Å². The first-order valence-corrected chi connectivity index (χ1v) is 13.9. The van der Waals surface area contributed by atoms with Gasteiger partial charge in [-0.2, -0.15) is 5.01 Å². The summed E-state index contributed by atoms with van der Waals surface area (Å²) in [6, 6.07) is 17.3. The molecule has 1 saturated heterocycles. The van der Waals surface area contributed by atoms with Gasteiger partial charge in [-0.05, 0) is 104 Å². The first-order chi connectivity index (χ1) is 19.7. The van der Waals surface area contributed by atoms with Gasteiger partial charge in [0, 0.05) is 11.3 Å². The lowest BCUT2D eigenvalue weighted by Crippen LogP contribution is -2.44. The molecule has 0 aliphatic carbocycles. The maximum absolute atomic E-state index is 13.0. The van der Waals surface area contributed by atoms with E-state index in [2.05, 4.69) is 10.7 Å². The Morgan fingerprint density at radius 1 is 0.976 bits per heavy atom. The molecule has 0 unspecified atom stereocenters. The molecule has 0 aromatic heterocycles. The molecule has 212 valence electrons. The molecule has 9 nitrogen and oxygen atoms in total. The molecule has 3 amide bonds. The molecule has 3 aromatic carbocycles. The highest BCUT2D eigenvalue weighted by molar-refractivity contribution is 8.26. The van der Waals surface area contributed by atoms with Crippen LogP contribution in [0.4, 0.5) is 5.69 Å². The average molecular weight is 592 g/mol. The standard InChI is InChI=1S/C30H29N3O6S2/c1-5-38-25-15-20(7-13-24(25)39-17-27(34)31-22-10-6-18(2)19(3)14-22)16-26-29(36)33(30(40)41-26)32-28(35)21-8-11-23(37-4)12-9-21/h6-16H,5,17H2,1-4H3,(H,31,34)(H,32,35)/b26-16+. The SMILES string of the molecule is CCOc1cc(/C=C2/SC(=S)N(NC(=O)c3ccc(OC)cc3)C2=O)ccc1OCC(=O)Nc1ccc(C)c(C)c1. The molecular formula is C30H29N3O6S2. The van der Waals surface area contributed by atoms with E-state index < -0.39 is 11.8 Å². The van der Waals surface area contributed by atoms with Gasteiger partial charge < -0.3 is 19.5 Å². The number of thioether (sulfide) groups is 1. The van der Waals surface area contributed by atoms with Crippen molar-refractivity contribution in [1.29, 1.82) is 0 Å². The first kappa shape index (κ1) is 29.6. The van der Waals surface area contributed by atoms with Crippen molar-refractivity contribution in [1.82, 2.24) is 10.4 Å². The molecule has 11 heteroatoms. The summed E-state index contributed by atoms with van der Waals surface area (Å²) in [5.74, 6) is 0.177. The Morgan fingerprint density at radius 2 is 1.73 bits per heavy atom. The molecule has 0 radical (unpaired) electrons. The number of anilines is 1. The van der Waals surface area contributed by atoms with Gasteiger partial charge in [0.2, 0.25) is 0 Å². The number of hydrazine groups is 1. The summed E-state index contributed by atoms with van der Waals surface area (Å²) < 4.78 is 16.8. The van der Waals surface area contributed by atoms with Crippen LogP contribution in [0.15, 0.2) is 65.6 Å². The third kappa shape index (κ3) is 7.44. The number of ether oxygens (including phenoxy) is 3. The lowest BCUT2D eigenvalue weighted by molar-refractivity contribution is -0.123. The number of carbonyl (C=O) groups is 3. The predicted octanol–water partition coefficient (Wildman–Crippen LogP) is 5.27. The van der Waals surface area contributed by atoms with Crippen LogP contribution in [0.3, 0.4) is 0 Å². The van der Waals surface area contributed by atoms with Crippen LogP contribution >= 0.6 is 24.0 Å². The fraction of sp³-hybridized carbons (Fsp3) is 0.200. The second-order valence-electron chi connectivity index (χ2n) is 8.96. The van der Waals surface area contributed by atoms with Gasteiger partial charge >= 0.3 is 0 Å². The lowest BCUT2D eigenvalue weighted by atomic mass is 10.1. The Labute approximate surface area is 247 Å². The second kappa shape index (κ2) is 13.3. The van der Waals surface area contributed by atoms with Crippen molar-refractivity contribution in [2.24, 2.45) is 0 Å². The smallest absolute Gasteiger partial charge is 0.285 e. The average Bonchev–Trinajstić information content (AvgIpc) is 3.22. The van der Waals surface area contributed by atoms with Crippen molar-refractivity contribution in [2.45, 2.75) is 20.8 Å². The largest absolute Gasteiger partial charge is 0.497 e. The number of thiocarbonyl (C=S) groups is 1. The molecular weight excluding hydrogens is 562 g/mol. The summed E-state index contributed by atoms with van der Waals surface area (Å²) in [6.07, 6.45) is 1.65. The van der Waals surface area contributed by atoms with Gasteiger partial charge in [-0.3, -0.25) is 19.8 Å². The third-order valence-electron chi connectivity index (χ3n) is 6.07. The highest BCUT2D eigenvalue weighted by atomic mass is 32.2. The number of methoxy groups -OCH3 is 1. The van der Waals surface area contributed by atoms with Crippen LogP contribution in [-0.4, -0.2) is 47.4 Å². The highest BCUT2D eigenvalue weighted by Gasteiger charge is 2.34. The number of nitrogens with zero attached hydrogens (tertiary/aromatic N) is 1. The molecule has 0 atom stereocenters. The summed E-state index contributed by atoms with van der Waals surface area (Å²) >= 11 is 6.41. The molecule has 0 bridgehead atoms. The van der Waals surface area contributed by atoms with Crippen LogP contribution in [0.1, 0.15) is 34.0 Å². The summed E-state index contributed by atoms with van der Waals surface area (Å²) in [5, 5.41) is 3.88. The van der Waals surface area contributed by atoms with E-state index in [4.69, 9.17) is 26.4 Å². The van der Waals surface area contributed by atoms with E-state index in [9.17, 15) is 14.4 Å². The van der Waals surface area contributed by atoms with Gasteiger partial charge in [0.15, 0.2) is 22.4 Å². The molecule has 41 heavy (non-hydrogen) atoms. The van der Waals surface area contributed by atoms with Crippen molar-refractivity contribution in [3.63, 3.8) is 0 Å². The molecule has 1 aliphatic heterocycles. The second-order valence-corrected chi connectivity index (χ2v) is 10.6. The molecule has 1 aliphatic rings. The normalized spacial score (nSPS) is 13.8. The van der Waals surface area contributed by atoms with E-state index in [0.29, 0.717) is 45.6 Å². The van der Waals surface area contributed by atoms with E-state index in [-0.39, 0.29) is 16.8 Å². The topological polar surface area (TPSA) is 106 Å². The number of benzene rings is 3. The molecule has 2 N–H and O–H groups in total. The fourth-order valence-corrected chi connectivity index (χ4v) is 4.96. The van der Waals surface area contributed by atoms with Crippen molar-refractivity contribution < 1.29 is 28.6 Å². The zero-order valence-electron chi connectivity index (χ0n) is 23.0. The Balaban J connectivity index is 1.42. The van der Waals surface area contributed by atoms with Gasteiger partial charge in [0.25, 0.3) is 17.7 Å². The maximum atomic E-state index is 13.0. The quantitative estimate of drug-likeness (QED) is 0.243. The molecule has 1 heterocycles. The molecule has 4 rings (SSSR count). The number of carbonyl (C=O) groups excluding carboxylic acids is 3. The van der Waals surface area contributed by atoms with Crippen LogP contribution in [0.5, 0.6) is 17.2 Å². The summed E-state index contributed by atoms with van der Waals surface area (Å²) in [6.45, 7) is 5.98. The fourth-order valence-electron chi connectivity index (χ4n) is 3.79. The van der Waals surface area contributed by atoms with Crippen LogP contribution in [-0.2, 0) is 9.59 Å². The Kier molecular flexibility index (Phi) is 9.64. The minimum absolute atomic E-state index is 0.197. The number of aryl methyl sites for hydroxylation is 2. The van der Waals surface area contributed by atoms with Crippen molar-refractivity contribution in [2.75, 3.05) is 25.6 Å². The number of hydrogen-bond acceptors (Lipinski definition) is 8. The van der Waals surface area contributed by atoms with Gasteiger partial charge in [-0.1, -0.05) is 23.9 Å². The molecule has 0 saturated carbocycles. The van der Waals surface area contributed by atoms with Gasteiger partial charge in [-0.15, -0.1) is 0 Å². The van der Waals surface area contributed by atoms with E-state index in [0.717, 1.165) is 27.9 Å². The molecule has 0 spiro atoms. The van der Waals surface area contributed by atoms with E-state index >= 15 is 0 Å². The Morgan fingerprint density at radius 3 is 2.41 bits per heavy atom. The Bertz CT molecular complexity index is 1520. The van der Waals surface area contributed by atoms with E-state index in [1.165, 1.54) is 7.11 Å². The summed E-state index contributed by atoms with van der Waals surface area (Å²) in [5.41, 5.74) is 6.48. The monoisotopic (exact) mass is 591 g/mol.